The van der Waals surface area contributed by atoms with Crippen LogP contribution in [-0.4, -0.2) is 29.9 Å². The van der Waals surface area contributed by atoms with Crippen LogP contribution >= 0.6 is 0 Å². The number of nitrogens with one attached hydrogen (secondary N) is 1. The van der Waals surface area contributed by atoms with E-state index in [2.05, 4.69) is 11.4 Å². The van der Waals surface area contributed by atoms with Gasteiger partial charge in [-0.15, -0.1) is 0 Å². The summed E-state index contributed by atoms with van der Waals surface area (Å²) in [6.45, 7) is 1.92. The molecule has 1 aliphatic heterocycles. The average Bonchev–Trinajstić information content (AvgIpc) is 2.67. The fourth-order valence-corrected chi connectivity index (χ4v) is 3.10. The van der Waals surface area contributed by atoms with Gasteiger partial charge in [-0.25, -0.2) is 4.39 Å². The molecule has 1 amide bonds. The summed E-state index contributed by atoms with van der Waals surface area (Å²) >= 11 is 0. The first-order valence-corrected chi connectivity index (χ1v) is 8.43. The molecule has 0 aliphatic carbocycles. The molecule has 1 heterocycles. The van der Waals surface area contributed by atoms with E-state index in [1.807, 2.05) is 18.2 Å². The number of hydrogen-bond donors (Lipinski definition) is 1. The fourth-order valence-electron chi connectivity index (χ4n) is 3.10. The molecule has 4 nitrogen and oxygen atoms in total. The number of benzene rings is 2. The van der Waals surface area contributed by atoms with Crippen molar-refractivity contribution in [2.75, 3.05) is 13.1 Å². The SMILES string of the molecule is N#Cc1cccc(CNC2CCN(C(=O)c3ccccc3F)CC2)c1. The van der Waals surface area contributed by atoms with Gasteiger partial charge in [0.2, 0.25) is 0 Å². The Kier molecular flexibility index (Phi) is 5.42. The number of carbonyl (C=O) groups is 1. The first kappa shape index (κ1) is 17.1. The average molecular weight is 337 g/mol. The smallest absolute Gasteiger partial charge is 0.256 e. The van der Waals surface area contributed by atoms with Gasteiger partial charge >= 0.3 is 0 Å². The topological polar surface area (TPSA) is 56.1 Å². The number of amides is 1. The Morgan fingerprint density at radius 2 is 1.96 bits per heavy atom. The Balaban J connectivity index is 1.51. The molecule has 128 valence electrons. The molecule has 0 saturated carbocycles. The third-order valence-corrected chi connectivity index (χ3v) is 4.54. The Bertz CT molecular complexity index is 792. The Morgan fingerprint density at radius 1 is 1.20 bits per heavy atom. The minimum Gasteiger partial charge on any atom is -0.338 e. The molecule has 5 heteroatoms. The molecule has 25 heavy (non-hydrogen) atoms. The summed E-state index contributed by atoms with van der Waals surface area (Å²) in [6.07, 6.45) is 1.66. The van der Waals surface area contributed by atoms with Crippen molar-refractivity contribution in [3.05, 3.63) is 71.0 Å². The number of carbonyl (C=O) groups excluding carboxylic acids is 1. The lowest BCUT2D eigenvalue weighted by molar-refractivity contribution is 0.0700. The van der Waals surface area contributed by atoms with Crippen molar-refractivity contribution in [3.8, 4) is 6.07 Å². The number of piperidine rings is 1. The number of halogens is 1. The molecule has 2 aromatic rings. The van der Waals surface area contributed by atoms with Crippen LogP contribution in [0.1, 0.15) is 34.3 Å². The van der Waals surface area contributed by atoms with E-state index in [0.717, 1.165) is 18.4 Å². The lowest BCUT2D eigenvalue weighted by Crippen LogP contribution is -2.44. The highest BCUT2D eigenvalue weighted by Gasteiger charge is 2.24. The summed E-state index contributed by atoms with van der Waals surface area (Å²) in [5.74, 6) is -0.705. The quantitative estimate of drug-likeness (QED) is 0.933. The molecule has 0 atom stereocenters. The van der Waals surface area contributed by atoms with Crippen molar-refractivity contribution in [2.24, 2.45) is 0 Å². The van der Waals surface area contributed by atoms with Crippen molar-refractivity contribution in [1.82, 2.24) is 10.2 Å². The maximum Gasteiger partial charge on any atom is 0.256 e. The summed E-state index contributed by atoms with van der Waals surface area (Å²) in [7, 11) is 0. The summed E-state index contributed by atoms with van der Waals surface area (Å²) in [5, 5.41) is 12.4. The van der Waals surface area contributed by atoms with Gasteiger partial charge in [-0.1, -0.05) is 24.3 Å². The number of likely N-dealkylation sites (tertiary alicyclic amines) is 1. The van der Waals surface area contributed by atoms with Gasteiger partial charge in [0.05, 0.1) is 17.2 Å². The summed E-state index contributed by atoms with van der Waals surface area (Å²) in [6, 6.07) is 16.1. The minimum atomic E-state index is -0.467. The van der Waals surface area contributed by atoms with E-state index in [1.165, 1.54) is 12.1 Å². The molecule has 0 aromatic heterocycles. The van der Waals surface area contributed by atoms with E-state index >= 15 is 0 Å². The highest BCUT2D eigenvalue weighted by molar-refractivity contribution is 5.94. The van der Waals surface area contributed by atoms with Crippen LogP contribution in [0.4, 0.5) is 4.39 Å². The maximum atomic E-state index is 13.8. The predicted molar refractivity (Wildman–Crippen MR) is 93.3 cm³/mol. The van der Waals surface area contributed by atoms with E-state index in [4.69, 9.17) is 5.26 Å². The van der Waals surface area contributed by atoms with Gasteiger partial charge in [0.25, 0.3) is 5.91 Å². The third-order valence-electron chi connectivity index (χ3n) is 4.54. The van der Waals surface area contributed by atoms with Crippen molar-refractivity contribution in [1.29, 1.82) is 5.26 Å². The Morgan fingerprint density at radius 3 is 2.68 bits per heavy atom. The van der Waals surface area contributed by atoms with Gasteiger partial charge < -0.3 is 10.2 Å². The van der Waals surface area contributed by atoms with Crippen molar-refractivity contribution in [3.63, 3.8) is 0 Å². The van der Waals surface area contributed by atoms with Gasteiger partial charge in [-0.2, -0.15) is 5.26 Å². The van der Waals surface area contributed by atoms with E-state index in [-0.39, 0.29) is 11.5 Å². The Hall–Kier alpha value is -2.71. The van der Waals surface area contributed by atoms with Gasteiger partial charge in [0.15, 0.2) is 0 Å². The molecule has 0 bridgehead atoms. The first-order chi connectivity index (χ1) is 12.2. The van der Waals surface area contributed by atoms with E-state index in [9.17, 15) is 9.18 Å². The Labute approximate surface area is 146 Å². The number of rotatable bonds is 4. The lowest BCUT2D eigenvalue weighted by atomic mass is 10.0. The molecular weight excluding hydrogens is 317 g/mol. The molecule has 2 aromatic carbocycles. The molecular formula is C20H20FN3O. The second-order valence-electron chi connectivity index (χ2n) is 6.24. The zero-order chi connectivity index (χ0) is 17.6. The van der Waals surface area contributed by atoms with Gasteiger partial charge in [-0.05, 0) is 42.7 Å². The molecule has 0 radical (unpaired) electrons. The van der Waals surface area contributed by atoms with Crippen LogP contribution in [0.25, 0.3) is 0 Å². The molecule has 1 fully saturated rings. The monoisotopic (exact) mass is 337 g/mol. The third kappa shape index (κ3) is 4.23. The van der Waals surface area contributed by atoms with E-state index in [0.29, 0.717) is 31.2 Å². The van der Waals surface area contributed by atoms with Crippen molar-refractivity contribution in [2.45, 2.75) is 25.4 Å². The number of nitrogens with zero attached hydrogens (tertiary/aromatic N) is 2. The van der Waals surface area contributed by atoms with Crippen LogP contribution in [0.15, 0.2) is 48.5 Å². The molecule has 1 N–H and O–H groups in total. The maximum absolute atomic E-state index is 13.8. The zero-order valence-electron chi connectivity index (χ0n) is 13.9. The number of nitriles is 1. The second-order valence-corrected chi connectivity index (χ2v) is 6.24. The van der Waals surface area contributed by atoms with Crippen molar-refractivity contribution >= 4 is 5.91 Å². The van der Waals surface area contributed by atoms with E-state index < -0.39 is 5.82 Å². The van der Waals surface area contributed by atoms with Gasteiger partial charge in [-0.3, -0.25) is 4.79 Å². The zero-order valence-corrected chi connectivity index (χ0v) is 13.9. The minimum absolute atomic E-state index is 0.141. The summed E-state index contributed by atoms with van der Waals surface area (Å²) in [4.78, 5) is 14.1. The van der Waals surface area contributed by atoms with Gasteiger partial charge in [0.1, 0.15) is 5.82 Å². The van der Waals surface area contributed by atoms with E-state index in [1.54, 1.807) is 23.1 Å². The standard InChI is InChI=1S/C20H20FN3O/c21-19-7-2-1-6-18(19)20(25)24-10-8-17(9-11-24)23-14-16-5-3-4-15(12-16)13-22/h1-7,12,17,23H,8-11,14H2. The van der Waals surface area contributed by atoms with Crippen LogP contribution in [0.2, 0.25) is 0 Å². The molecule has 1 saturated heterocycles. The largest absolute Gasteiger partial charge is 0.338 e. The van der Waals surface area contributed by atoms with Gasteiger partial charge in [0, 0.05) is 25.7 Å². The first-order valence-electron chi connectivity index (χ1n) is 8.43. The van der Waals surface area contributed by atoms with Crippen LogP contribution in [0.3, 0.4) is 0 Å². The molecule has 1 aliphatic rings. The second kappa shape index (κ2) is 7.91. The molecule has 3 rings (SSSR count). The summed E-state index contributed by atoms with van der Waals surface area (Å²) in [5.41, 5.74) is 1.87. The predicted octanol–water partition coefficient (Wildman–Crippen LogP) is 3.09. The highest BCUT2D eigenvalue weighted by atomic mass is 19.1. The van der Waals surface area contributed by atoms with Crippen LogP contribution in [0.5, 0.6) is 0 Å². The highest BCUT2D eigenvalue weighted by Crippen LogP contribution is 2.16. The summed E-state index contributed by atoms with van der Waals surface area (Å²) < 4.78 is 13.8. The van der Waals surface area contributed by atoms with Crippen LogP contribution < -0.4 is 5.32 Å². The van der Waals surface area contributed by atoms with Crippen LogP contribution in [0, 0.1) is 17.1 Å². The fraction of sp³-hybridized carbons (Fsp3) is 0.300. The molecule has 0 spiro atoms. The normalized spacial score (nSPS) is 15.0. The lowest BCUT2D eigenvalue weighted by Gasteiger charge is -2.32. The number of hydrogen-bond acceptors (Lipinski definition) is 3. The van der Waals surface area contributed by atoms with Crippen molar-refractivity contribution < 1.29 is 9.18 Å². The molecule has 0 unspecified atom stereocenters. The van der Waals surface area contributed by atoms with Crippen LogP contribution in [-0.2, 0) is 6.54 Å².